The predicted octanol–water partition coefficient (Wildman–Crippen LogP) is 0.949. The summed E-state index contributed by atoms with van der Waals surface area (Å²) < 4.78 is 51.0. The minimum absolute atomic E-state index is 0.0638. The van der Waals surface area contributed by atoms with Gasteiger partial charge in [-0.15, -0.1) is 0 Å². The van der Waals surface area contributed by atoms with Gasteiger partial charge in [0.25, 0.3) is 10.2 Å². The van der Waals surface area contributed by atoms with Crippen molar-refractivity contribution in [3.63, 3.8) is 0 Å². The fourth-order valence-corrected chi connectivity index (χ4v) is 4.78. The SMILES string of the molecule is COCCN1CCN(CCNc2nonc2C(=Nc2ccc(F)c(Br)c2)NO)S1(=O)=O. The van der Waals surface area contributed by atoms with Crippen LogP contribution in [0.5, 0.6) is 0 Å². The van der Waals surface area contributed by atoms with E-state index in [4.69, 9.17) is 9.37 Å². The van der Waals surface area contributed by atoms with Gasteiger partial charge in [0.05, 0.1) is 16.8 Å². The number of aliphatic imine (C=N–C) groups is 1. The summed E-state index contributed by atoms with van der Waals surface area (Å²) in [7, 11) is -2.03. The van der Waals surface area contributed by atoms with Gasteiger partial charge in [0.15, 0.2) is 11.5 Å². The van der Waals surface area contributed by atoms with E-state index in [1.165, 1.54) is 33.9 Å². The molecule has 0 saturated carbocycles. The highest BCUT2D eigenvalue weighted by molar-refractivity contribution is 9.10. The molecule has 0 unspecified atom stereocenters. The number of aromatic nitrogens is 2. The van der Waals surface area contributed by atoms with E-state index in [0.29, 0.717) is 31.9 Å². The first kappa shape index (κ1) is 23.5. The number of nitrogens with zero attached hydrogens (tertiary/aromatic N) is 5. The van der Waals surface area contributed by atoms with E-state index in [2.05, 4.69) is 36.6 Å². The van der Waals surface area contributed by atoms with Gasteiger partial charge in [-0.1, -0.05) is 0 Å². The van der Waals surface area contributed by atoms with Gasteiger partial charge in [-0.3, -0.25) is 10.7 Å². The lowest BCUT2D eigenvalue weighted by Crippen LogP contribution is -2.37. The Balaban J connectivity index is 1.65. The van der Waals surface area contributed by atoms with E-state index >= 15 is 0 Å². The third kappa shape index (κ3) is 5.55. The van der Waals surface area contributed by atoms with E-state index in [1.807, 2.05) is 5.48 Å². The van der Waals surface area contributed by atoms with Gasteiger partial charge in [-0.25, -0.2) is 14.0 Å². The molecule has 1 aliphatic rings. The zero-order valence-electron chi connectivity index (χ0n) is 16.5. The van der Waals surface area contributed by atoms with Gasteiger partial charge in [0.2, 0.25) is 5.82 Å². The summed E-state index contributed by atoms with van der Waals surface area (Å²) in [5.41, 5.74) is 2.31. The predicted molar refractivity (Wildman–Crippen MR) is 112 cm³/mol. The number of hydrogen-bond donors (Lipinski definition) is 3. The third-order valence-electron chi connectivity index (χ3n) is 4.41. The molecule has 1 aliphatic heterocycles. The average Bonchev–Trinajstić information content (AvgIpc) is 3.31. The Bertz CT molecular complexity index is 1040. The molecular weight excluding hydrogens is 501 g/mol. The monoisotopic (exact) mass is 521 g/mol. The molecule has 1 fully saturated rings. The first-order chi connectivity index (χ1) is 14.9. The second-order valence-electron chi connectivity index (χ2n) is 6.36. The van der Waals surface area contributed by atoms with Crippen molar-refractivity contribution in [1.29, 1.82) is 0 Å². The zero-order valence-corrected chi connectivity index (χ0v) is 18.9. The van der Waals surface area contributed by atoms with Crippen LogP contribution >= 0.6 is 15.9 Å². The van der Waals surface area contributed by atoms with Crippen LogP contribution in [0.1, 0.15) is 5.69 Å². The quantitative estimate of drug-likeness (QED) is 0.249. The van der Waals surface area contributed by atoms with E-state index in [0.717, 1.165) is 0 Å². The maximum Gasteiger partial charge on any atom is 0.282 e. The summed E-state index contributed by atoms with van der Waals surface area (Å²) in [5, 5.41) is 19.8. The molecule has 0 atom stereocenters. The third-order valence-corrected chi connectivity index (χ3v) is 7.06. The number of hydroxylamine groups is 1. The van der Waals surface area contributed by atoms with E-state index < -0.39 is 16.0 Å². The van der Waals surface area contributed by atoms with Crippen LogP contribution in [0.25, 0.3) is 0 Å². The molecule has 1 aromatic heterocycles. The maximum absolute atomic E-state index is 13.4. The Morgan fingerprint density at radius 2 is 2.10 bits per heavy atom. The van der Waals surface area contributed by atoms with Gasteiger partial charge in [0, 0.05) is 39.8 Å². The zero-order chi connectivity index (χ0) is 22.4. The number of benzene rings is 1. The Morgan fingerprint density at radius 3 is 2.77 bits per heavy atom. The largest absolute Gasteiger partial charge is 0.383 e. The van der Waals surface area contributed by atoms with E-state index in [9.17, 15) is 18.0 Å². The molecular formula is C16H21BrFN7O5S. The molecule has 3 rings (SSSR count). The summed E-state index contributed by atoms with van der Waals surface area (Å²) in [6.45, 7) is 1.76. The Hall–Kier alpha value is -2.17. The fraction of sp³-hybridized carbons (Fsp3) is 0.438. The standard InChI is InChI=1S/C16H21BrFN7O5S/c1-29-9-8-25-7-6-24(31(25,27)28)5-4-19-15-14(22-30-23-15)16(21-26)20-11-2-3-13(18)12(17)10-11/h2-3,10,26H,4-9H2,1H3,(H,19,23)(H,20,21). The first-order valence-electron chi connectivity index (χ1n) is 9.11. The molecule has 170 valence electrons. The van der Waals surface area contributed by atoms with Crippen molar-refractivity contribution in [2.24, 2.45) is 4.99 Å². The van der Waals surface area contributed by atoms with Crippen LogP contribution in [0.2, 0.25) is 0 Å². The van der Waals surface area contributed by atoms with Crippen LogP contribution in [0.4, 0.5) is 15.9 Å². The lowest BCUT2D eigenvalue weighted by atomic mass is 10.3. The molecule has 0 radical (unpaired) electrons. The second kappa shape index (κ2) is 10.4. The highest BCUT2D eigenvalue weighted by Gasteiger charge is 2.35. The van der Waals surface area contributed by atoms with Gasteiger partial charge in [-0.2, -0.15) is 17.0 Å². The molecule has 15 heteroatoms. The molecule has 0 amide bonds. The summed E-state index contributed by atoms with van der Waals surface area (Å²) in [6.07, 6.45) is 0. The van der Waals surface area contributed by atoms with Crippen LogP contribution in [0.15, 0.2) is 32.3 Å². The van der Waals surface area contributed by atoms with Gasteiger partial charge in [0.1, 0.15) is 5.82 Å². The fourth-order valence-electron chi connectivity index (χ4n) is 2.84. The van der Waals surface area contributed by atoms with E-state index in [1.54, 1.807) is 0 Å². The van der Waals surface area contributed by atoms with Crippen LogP contribution < -0.4 is 10.8 Å². The number of hydrogen-bond acceptors (Lipinski definition) is 9. The minimum Gasteiger partial charge on any atom is -0.383 e. The Morgan fingerprint density at radius 1 is 1.35 bits per heavy atom. The van der Waals surface area contributed by atoms with Crippen molar-refractivity contribution >= 4 is 43.5 Å². The van der Waals surface area contributed by atoms with Gasteiger partial charge in [-0.05, 0) is 44.4 Å². The van der Waals surface area contributed by atoms with Gasteiger partial charge >= 0.3 is 0 Å². The summed E-state index contributed by atoms with van der Waals surface area (Å²) in [6, 6.07) is 4.04. The number of anilines is 1. The molecule has 31 heavy (non-hydrogen) atoms. The van der Waals surface area contributed by atoms with Crippen LogP contribution in [-0.4, -0.2) is 84.8 Å². The topological polar surface area (TPSA) is 145 Å². The summed E-state index contributed by atoms with van der Waals surface area (Å²) in [4.78, 5) is 4.16. The molecule has 1 saturated heterocycles. The number of nitrogens with one attached hydrogen (secondary N) is 2. The molecule has 2 heterocycles. The molecule has 12 nitrogen and oxygen atoms in total. The van der Waals surface area contributed by atoms with Gasteiger partial charge < -0.3 is 10.1 Å². The molecule has 2 aromatic rings. The van der Waals surface area contributed by atoms with Crippen LogP contribution in [0, 0.1) is 5.82 Å². The summed E-state index contributed by atoms with van der Waals surface area (Å²) >= 11 is 3.06. The summed E-state index contributed by atoms with van der Waals surface area (Å²) in [5.74, 6) is -0.406. The number of amidine groups is 1. The van der Waals surface area contributed by atoms with Crippen molar-refractivity contribution < 1.29 is 27.4 Å². The average molecular weight is 522 g/mol. The lowest BCUT2D eigenvalue weighted by molar-refractivity contribution is 0.182. The Kier molecular flexibility index (Phi) is 7.90. The first-order valence-corrected chi connectivity index (χ1v) is 11.3. The number of ether oxygens (including phenoxy) is 1. The van der Waals surface area contributed by atoms with Crippen molar-refractivity contribution in [2.75, 3.05) is 51.8 Å². The highest BCUT2D eigenvalue weighted by Crippen LogP contribution is 2.23. The minimum atomic E-state index is -3.54. The normalized spacial score (nSPS) is 17.2. The highest BCUT2D eigenvalue weighted by atomic mass is 79.9. The van der Waals surface area contributed by atoms with Crippen molar-refractivity contribution in [3.8, 4) is 0 Å². The molecule has 1 aromatic carbocycles. The van der Waals surface area contributed by atoms with Crippen LogP contribution in [0.3, 0.4) is 0 Å². The maximum atomic E-state index is 13.4. The lowest BCUT2D eigenvalue weighted by Gasteiger charge is -2.18. The van der Waals surface area contributed by atoms with E-state index in [-0.39, 0.29) is 34.9 Å². The number of methoxy groups -OCH3 is 1. The number of rotatable bonds is 9. The molecule has 0 aliphatic carbocycles. The van der Waals surface area contributed by atoms with Crippen LogP contribution in [-0.2, 0) is 14.9 Å². The smallest absolute Gasteiger partial charge is 0.282 e. The van der Waals surface area contributed by atoms with Crippen molar-refractivity contribution in [2.45, 2.75) is 0 Å². The Labute approximate surface area is 186 Å². The second-order valence-corrected chi connectivity index (χ2v) is 9.14. The molecule has 3 N–H and O–H groups in total. The molecule has 0 bridgehead atoms. The number of halogens is 2. The molecule has 0 spiro atoms. The van der Waals surface area contributed by atoms with Crippen molar-refractivity contribution in [1.82, 2.24) is 24.4 Å². The van der Waals surface area contributed by atoms with Crippen molar-refractivity contribution in [3.05, 3.63) is 34.2 Å².